The number of carbonyl (C=O) groups excluding carboxylic acids is 1. The number of nitrogens with one attached hydrogen (secondary N) is 1. The maximum atomic E-state index is 11.6. The number of esters is 1. The number of hydrogen-bond donors (Lipinski definition) is 1. The van der Waals surface area contributed by atoms with E-state index in [1.807, 2.05) is 49.4 Å². The number of nitrogens with zero attached hydrogens (tertiary/aromatic N) is 1. The van der Waals surface area contributed by atoms with Gasteiger partial charge in [0, 0.05) is 17.3 Å². The fourth-order valence-corrected chi connectivity index (χ4v) is 2.38. The first-order valence-corrected chi connectivity index (χ1v) is 8.19. The molecule has 0 aliphatic rings. The highest BCUT2D eigenvalue weighted by Crippen LogP contribution is 2.21. The highest BCUT2D eigenvalue weighted by molar-refractivity contribution is 5.89. The van der Waals surface area contributed by atoms with E-state index in [1.165, 1.54) is 5.56 Å². The van der Waals surface area contributed by atoms with E-state index in [0.29, 0.717) is 18.7 Å². The van der Waals surface area contributed by atoms with Crippen molar-refractivity contribution in [2.75, 3.05) is 11.9 Å². The van der Waals surface area contributed by atoms with Crippen molar-refractivity contribution in [3.8, 4) is 11.3 Å². The molecule has 25 heavy (non-hydrogen) atoms. The fourth-order valence-electron chi connectivity index (χ4n) is 2.38. The highest BCUT2D eigenvalue weighted by Gasteiger charge is 2.08. The number of aryl methyl sites for hydroxylation is 1. The van der Waals surface area contributed by atoms with Crippen molar-refractivity contribution in [3.63, 3.8) is 0 Å². The van der Waals surface area contributed by atoms with E-state index < -0.39 is 0 Å². The second-order valence-electron chi connectivity index (χ2n) is 5.70. The molecule has 0 amide bonds. The molecule has 1 heterocycles. The van der Waals surface area contributed by atoms with Crippen molar-refractivity contribution < 1.29 is 14.1 Å². The van der Waals surface area contributed by atoms with Crippen LogP contribution in [0.25, 0.3) is 11.3 Å². The van der Waals surface area contributed by atoms with E-state index in [1.54, 1.807) is 19.1 Å². The van der Waals surface area contributed by atoms with Crippen LogP contribution < -0.4 is 5.32 Å². The average molecular weight is 336 g/mol. The Balaban J connectivity index is 1.60. The molecular weight excluding hydrogens is 316 g/mol. The van der Waals surface area contributed by atoms with Gasteiger partial charge in [0.05, 0.1) is 18.7 Å². The number of aromatic nitrogens is 1. The summed E-state index contributed by atoms with van der Waals surface area (Å²) in [5.41, 5.74) is 4.45. The van der Waals surface area contributed by atoms with Crippen molar-refractivity contribution in [1.29, 1.82) is 0 Å². The van der Waals surface area contributed by atoms with E-state index in [9.17, 15) is 4.79 Å². The third kappa shape index (κ3) is 4.26. The minimum Gasteiger partial charge on any atom is -0.462 e. The van der Waals surface area contributed by atoms with Gasteiger partial charge in [-0.25, -0.2) is 4.79 Å². The summed E-state index contributed by atoms with van der Waals surface area (Å²) < 4.78 is 10.4. The Morgan fingerprint density at radius 3 is 2.52 bits per heavy atom. The van der Waals surface area contributed by atoms with Gasteiger partial charge in [0.25, 0.3) is 0 Å². The number of benzene rings is 2. The molecule has 5 heteroatoms. The van der Waals surface area contributed by atoms with Crippen molar-refractivity contribution in [1.82, 2.24) is 5.16 Å². The monoisotopic (exact) mass is 336 g/mol. The van der Waals surface area contributed by atoms with Crippen LogP contribution in [0.15, 0.2) is 59.1 Å². The lowest BCUT2D eigenvalue weighted by Crippen LogP contribution is -2.05. The van der Waals surface area contributed by atoms with Crippen LogP contribution in [0.3, 0.4) is 0 Å². The Morgan fingerprint density at radius 2 is 1.84 bits per heavy atom. The smallest absolute Gasteiger partial charge is 0.338 e. The number of hydrogen-bond acceptors (Lipinski definition) is 5. The number of anilines is 1. The molecule has 0 atom stereocenters. The second kappa shape index (κ2) is 7.66. The molecule has 0 unspecified atom stereocenters. The second-order valence-corrected chi connectivity index (χ2v) is 5.70. The summed E-state index contributed by atoms with van der Waals surface area (Å²) in [6.45, 7) is 4.74. The largest absolute Gasteiger partial charge is 0.462 e. The van der Waals surface area contributed by atoms with E-state index in [-0.39, 0.29) is 5.97 Å². The lowest BCUT2D eigenvalue weighted by Gasteiger charge is -2.05. The molecule has 1 N–H and O–H groups in total. The molecule has 2 aromatic carbocycles. The molecule has 0 saturated carbocycles. The maximum absolute atomic E-state index is 11.6. The van der Waals surface area contributed by atoms with Gasteiger partial charge in [0.15, 0.2) is 5.76 Å². The predicted octanol–water partition coefficient (Wildman–Crippen LogP) is 4.44. The third-order valence-corrected chi connectivity index (χ3v) is 3.76. The predicted molar refractivity (Wildman–Crippen MR) is 96.4 cm³/mol. The average Bonchev–Trinajstić information content (AvgIpc) is 3.10. The minimum atomic E-state index is -0.312. The number of carbonyl (C=O) groups is 1. The van der Waals surface area contributed by atoms with Gasteiger partial charge in [-0.05, 0) is 38.1 Å². The van der Waals surface area contributed by atoms with E-state index in [4.69, 9.17) is 9.26 Å². The molecule has 0 spiro atoms. The number of ether oxygens (including phenoxy) is 1. The summed E-state index contributed by atoms with van der Waals surface area (Å²) in [5.74, 6) is 0.433. The molecule has 0 saturated heterocycles. The quantitative estimate of drug-likeness (QED) is 0.674. The SMILES string of the molecule is CCOC(=O)c1ccc(NCc2cc(-c3ccc(C)cc3)on2)cc1. The van der Waals surface area contributed by atoms with Crippen molar-refractivity contribution in [2.24, 2.45) is 0 Å². The summed E-state index contributed by atoms with van der Waals surface area (Å²) in [4.78, 5) is 11.6. The Morgan fingerprint density at radius 1 is 1.12 bits per heavy atom. The van der Waals surface area contributed by atoms with Crippen molar-refractivity contribution >= 4 is 11.7 Å². The zero-order chi connectivity index (χ0) is 17.6. The van der Waals surface area contributed by atoms with E-state index in [2.05, 4.69) is 10.5 Å². The molecule has 0 bridgehead atoms. The summed E-state index contributed by atoms with van der Waals surface area (Å²) in [5, 5.41) is 7.35. The lowest BCUT2D eigenvalue weighted by atomic mass is 10.1. The van der Waals surface area contributed by atoms with Crippen molar-refractivity contribution in [3.05, 3.63) is 71.4 Å². The van der Waals surface area contributed by atoms with Gasteiger partial charge in [0.2, 0.25) is 0 Å². The molecular formula is C20H20N2O3. The maximum Gasteiger partial charge on any atom is 0.338 e. The van der Waals surface area contributed by atoms with Crippen LogP contribution in [0.1, 0.15) is 28.5 Å². The third-order valence-electron chi connectivity index (χ3n) is 3.76. The molecule has 5 nitrogen and oxygen atoms in total. The van der Waals surface area contributed by atoms with Gasteiger partial charge in [0.1, 0.15) is 5.69 Å². The molecule has 0 aliphatic heterocycles. The summed E-state index contributed by atoms with van der Waals surface area (Å²) >= 11 is 0. The van der Waals surface area contributed by atoms with E-state index >= 15 is 0 Å². The Labute approximate surface area is 146 Å². The zero-order valence-electron chi connectivity index (χ0n) is 14.3. The normalized spacial score (nSPS) is 10.5. The van der Waals surface area contributed by atoms with Crippen LogP contribution in [-0.4, -0.2) is 17.7 Å². The Bertz CT molecular complexity index is 836. The van der Waals surface area contributed by atoms with E-state index in [0.717, 1.165) is 22.7 Å². The van der Waals surface area contributed by atoms with Gasteiger partial charge in [-0.15, -0.1) is 0 Å². The standard InChI is InChI=1S/C20H20N2O3/c1-3-24-20(23)16-8-10-17(11-9-16)21-13-18-12-19(25-22-18)15-6-4-14(2)5-7-15/h4-12,21H,3,13H2,1-2H3. The topological polar surface area (TPSA) is 64.4 Å². The summed E-state index contributed by atoms with van der Waals surface area (Å²) in [7, 11) is 0. The first-order valence-electron chi connectivity index (χ1n) is 8.19. The fraction of sp³-hybridized carbons (Fsp3) is 0.200. The summed E-state index contributed by atoms with van der Waals surface area (Å²) in [6.07, 6.45) is 0. The highest BCUT2D eigenvalue weighted by atomic mass is 16.5. The van der Waals surface area contributed by atoms with Crippen LogP contribution in [0, 0.1) is 6.92 Å². The minimum absolute atomic E-state index is 0.312. The Hall–Kier alpha value is -3.08. The summed E-state index contributed by atoms with van der Waals surface area (Å²) in [6, 6.07) is 17.2. The van der Waals surface area contributed by atoms with Gasteiger partial charge in [-0.3, -0.25) is 0 Å². The van der Waals surface area contributed by atoms with Crippen LogP contribution >= 0.6 is 0 Å². The van der Waals surface area contributed by atoms with Crippen LogP contribution in [0.4, 0.5) is 5.69 Å². The first kappa shape index (κ1) is 16.8. The molecule has 1 aromatic heterocycles. The van der Waals surface area contributed by atoms with Crippen LogP contribution in [0.2, 0.25) is 0 Å². The number of rotatable bonds is 6. The van der Waals surface area contributed by atoms with Crippen LogP contribution in [0.5, 0.6) is 0 Å². The molecule has 0 fully saturated rings. The molecule has 128 valence electrons. The first-order chi connectivity index (χ1) is 12.2. The zero-order valence-corrected chi connectivity index (χ0v) is 14.3. The van der Waals surface area contributed by atoms with Crippen molar-refractivity contribution in [2.45, 2.75) is 20.4 Å². The molecule has 0 aliphatic carbocycles. The molecule has 3 aromatic rings. The van der Waals surface area contributed by atoms with Gasteiger partial charge < -0.3 is 14.6 Å². The molecule has 3 rings (SSSR count). The van der Waals surface area contributed by atoms with Gasteiger partial charge >= 0.3 is 5.97 Å². The van der Waals surface area contributed by atoms with Crippen LogP contribution in [-0.2, 0) is 11.3 Å². The lowest BCUT2D eigenvalue weighted by molar-refractivity contribution is 0.0526. The van der Waals surface area contributed by atoms with Gasteiger partial charge in [-0.1, -0.05) is 35.0 Å². The van der Waals surface area contributed by atoms with Gasteiger partial charge in [-0.2, -0.15) is 0 Å². The Kier molecular flexibility index (Phi) is 5.14. The molecule has 0 radical (unpaired) electrons.